The van der Waals surface area contributed by atoms with E-state index >= 15 is 0 Å². The van der Waals surface area contributed by atoms with Gasteiger partial charge in [0, 0.05) is 29.3 Å². The summed E-state index contributed by atoms with van der Waals surface area (Å²) in [5, 5.41) is 2.84. The number of nitrogens with one attached hydrogen (secondary N) is 1. The molecule has 0 bridgehead atoms. The smallest absolute Gasteiger partial charge is 0.232 e. The van der Waals surface area contributed by atoms with Gasteiger partial charge in [0.05, 0.1) is 18.6 Å². The van der Waals surface area contributed by atoms with E-state index in [1.165, 1.54) is 10.6 Å². The summed E-state index contributed by atoms with van der Waals surface area (Å²) in [6.45, 7) is 0.722. The van der Waals surface area contributed by atoms with Crippen LogP contribution < -0.4 is 9.62 Å². The molecule has 0 atom stereocenters. The maximum absolute atomic E-state index is 12.2. The van der Waals surface area contributed by atoms with Gasteiger partial charge in [-0.15, -0.1) is 0 Å². The summed E-state index contributed by atoms with van der Waals surface area (Å²) in [5.41, 5.74) is 2.27. The second-order valence-electron chi connectivity index (χ2n) is 6.10. The summed E-state index contributed by atoms with van der Waals surface area (Å²) in [6.07, 6.45) is 1.82. The molecule has 8 heteroatoms. The van der Waals surface area contributed by atoms with Gasteiger partial charge < -0.3 is 10.1 Å². The number of carbonyl (C=O) groups is 1. The standard InChI is InChI=1S/C19H23IN2O4S/c1-26-14-15-5-3-6-17(13-15)21-19(23)7-4-12-22(27(2,24)25)18-10-8-16(20)9-11-18/h3,5-6,8-11,13H,4,7,12,14H2,1-2H3,(H,21,23). The van der Waals surface area contributed by atoms with Gasteiger partial charge in [0.2, 0.25) is 15.9 Å². The van der Waals surface area contributed by atoms with Crippen LogP contribution in [0.5, 0.6) is 0 Å². The molecule has 0 heterocycles. The molecule has 146 valence electrons. The van der Waals surface area contributed by atoms with E-state index in [1.807, 2.05) is 36.4 Å². The first-order valence-electron chi connectivity index (χ1n) is 8.40. The minimum atomic E-state index is -3.41. The maximum Gasteiger partial charge on any atom is 0.232 e. The minimum absolute atomic E-state index is 0.152. The average molecular weight is 502 g/mol. The molecule has 0 radical (unpaired) electrons. The number of amides is 1. The quantitative estimate of drug-likeness (QED) is 0.532. The Morgan fingerprint density at radius 1 is 1.19 bits per heavy atom. The largest absolute Gasteiger partial charge is 0.380 e. The molecule has 0 aromatic heterocycles. The zero-order chi connectivity index (χ0) is 19.9. The van der Waals surface area contributed by atoms with Crippen molar-refractivity contribution in [1.82, 2.24) is 0 Å². The van der Waals surface area contributed by atoms with Gasteiger partial charge in [-0.25, -0.2) is 8.42 Å². The summed E-state index contributed by atoms with van der Waals surface area (Å²) in [6, 6.07) is 14.7. The Hall–Kier alpha value is -1.65. The second kappa shape index (κ2) is 10.0. The molecule has 0 unspecified atom stereocenters. The zero-order valence-corrected chi connectivity index (χ0v) is 18.3. The van der Waals surface area contributed by atoms with E-state index in [-0.39, 0.29) is 18.9 Å². The van der Waals surface area contributed by atoms with Crippen molar-refractivity contribution in [3.8, 4) is 0 Å². The first-order chi connectivity index (χ1) is 12.8. The van der Waals surface area contributed by atoms with E-state index in [0.29, 0.717) is 24.4 Å². The highest BCUT2D eigenvalue weighted by Gasteiger charge is 2.17. The van der Waals surface area contributed by atoms with E-state index in [2.05, 4.69) is 27.9 Å². The van der Waals surface area contributed by atoms with Crippen LogP contribution in [0.25, 0.3) is 0 Å². The lowest BCUT2D eigenvalue weighted by Crippen LogP contribution is -2.31. The van der Waals surface area contributed by atoms with Crippen molar-refractivity contribution >= 4 is 49.9 Å². The summed E-state index contributed by atoms with van der Waals surface area (Å²) in [7, 11) is -1.80. The number of rotatable bonds is 9. The molecule has 6 nitrogen and oxygen atoms in total. The van der Waals surface area contributed by atoms with Crippen LogP contribution in [-0.4, -0.2) is 34.2 Å². The Morgan fingerprint density at radius 3 is 2.52 bits per heavy atom. The van der Waals surface area contributed by atoms with Gasteiger partial charge in [-0.05, 0) is 71.0 Å². The van der Waals surface area contributed by atoms with E-state index in [0.717, 1.165) is 9.13 Å². The van der Waals surface area contributed by atoms with Crippen LogP contribution in [-0.2, 0) is 26.2 Å². The fraction of sp³-hybridized carbons (Fsp3) is 0.316. The Kier molecular flexibility index (Phi) is 8.06. The van der Waals surface area contributed by atoms with Crippen LogP contribution in [0, 0.1) is 3.57 Å². The number of halogens is 1. The first-order valence-corrected chi connectivity index (χ1v) is 11.3. The molecule has 0 aliphatic rings. The monoisotopic (exact) mass is 502 g/mol. The molecule has 2 rings (SSSR count). The molecule has 2 aromatic carbocycles. The van der Waals surface area contributed by atoms with Gasteiger partial charge in [-0.2, -0.15) is 0 Å². The van der Waals surface area contributed by atoms with E-state index in [9.17, 15) is 13.2 Å². The third-order valence-corrected chi connectivity index (χ3v) is 5.71. The van der Waals surface area contributed by atoms with Crippen LogP contribution in [0.4, 0.5) is 11.4 Å². The fourth-order valence-electron chi connectivity index (χ4n) is 2.61. The number of nitrogens with zero attached hydrogens (tertiary/aromatic N) is 1. The normalized spacial score (nSPS) is 11.2. The predicted molar refractivity (Wildman–Crippen MR) is 116 cm³/mol. The van der Waals surface area contributed by atoms with Gasteiger partial charge in [-0.3, -0.25) is 9.10 Å². The summed E-state index contributed by atoms with van der Waals surface area (Å²) >= 11 is 2.17. The van der Waals surface area contributed by atoms with E-state index in [1.54, 1.807) is 19.2 Å². The number of anilines is 2. The van der Waals surface area contributed by atoms with Gasteiger partial charge in [0.15, 0.2) is 0 Å². The number of hydrogen-bond acceptors (Lipinski definition) is 4. The van der Waals surface area contributed by atoms with E-state index < -0.39 is 10.0 Å². The number of ether oxygens (including phenoxy) is 1. The Bertz CT molecular complexity index is 870. The summed E-state index contributed by atoms with van der Waals surface area (Å²) < 4.78 is 31.6. The molecule has 1 amide bonds. The Morgan fingerprint density at radius 2 is 1.89 bits per heavy atom. The zero-order valence-electron chi connectivity index (χ0n) is 15.3. The number of methoxy groups -OCH3 is 1. The molecular formula is C19H23IN2O4S. The number of sulfonamides is 1. The third kappa shape index (κ3) is 7.11. The highest BCUT2D eigenvalue weighted by Crippen LogP contribution is 2.20. The lowest BCUT2D eigenvalue weighted by atomic mass is 10.2. The van der Waals surface area contributed by atoms with Crippen LogP contribution in [0.2, 0.25) is 0 Å². The highest BCUT2D eigenvalue weighted by molar-refractivity contribution is 14.1. The van der Waals surface area contributed by atoms with Gasteiger partial charge in [0.25, 0.3) is 0 Å². The van der Waals surface area contributed by atoms with E-state index in [4.69, 9.17) is 4.74 Å². The molecule has 0 aliphatic heterocycles. The molecule has 0 saturated carbocycles. The first kappa shape index (κ1) is 21.6. The van der Waals surface area contributed by atoms with Crippen molar-refractivity contribution in [3.63, 3.8) is 0 Å². The van der Waals surface area contributed by atoms with Crippen LogP contribution in [0.15, 0.2) is 48.5 Å². The topological polar surface area (TPSA) is 75.7 Å². The Balaban J connectivity index is 1.93. The van der Waals surface area contributed by atoms with Crippen LogP contribution in [0.3, 0.4) is 0 Å². The average Bonchev–Trinajstić information content (AvgIpc) is 2.59. The van der Waals surface area contributed by atoms with Crippen molar-refractivity contribution < 1.29 is 17.9 Å². The lowest BCUT2D eigenvalue weighted by molar-refractivity contribution is -0.116. The third-order valence-electron chi connectivity index (χ3n) is 3.80. The van der Waals surface area contributed by atoms with Crippen molar-refractivity contribution in [2.24, 2.45) is 0 Å². The molecular weight excluding hydrogens is 479 g/mol. The molecule has 0 spiro atoms. The van der Waals surface area contributed by atoms with Crippen molar-refractivity contribution in [1.29, 1.82) is 0 Å². The van der Waals surface area contributed by atoms with Gasteiger partial charge >= 0.3 is 0 Å². The maximum atomic E-state index is 12.2. The summed E-state index contributed by atoms with van der Waals surface area (Å²) in [4.78, 5) is 12.2. The molecule has 1 N–H and O–H groups in total. The van der Waals surface area contributed by atoms with Crippen LogP contribution >= 0.6 is 22.6 Å². The van der Waals surface area contributed by atoms with Crippen molar-refractivity contribution in [2.45, 2.75) is 19.4 Å². The van der Waals surface area contributed by atoms with Gasteiger partial charge in [0.1, 0.15) is 0 Å². The Labute approximate surface area is 174 Å². The molecule has 2 aromatic rings. The molecule has 0 fully saturated rings. The SMILES string of the molecule is COCc1cccc(NC(=O)CCCN(c2ccc(I)cc2)S(C)(=O)=O)c1. The van der Waals surface area contributed by atoms with Crippen molar-refractivity contribution in [2.75, 3.05) is 29.5 Å². The van der Waals surface area contributed by atoms with Crippen LogP contribution in [0.1, 0.15) is 18.4 Å². The molecule has 0 saturated heterocycles. The second-order valence-corrected chi connectivity index (χ2v) is 9.25. The number of benzene rings is 2. The minimum Gasteiger partial charge on any atom is -0.380 e. The molecule has 0 aliphatic carbocycles. The highest BCUT2D eigenvalue weighted by atomic mass is 127. The number of carbonyl (C=O) groups excluding carboxylic acids is 1. The lowest BCUT2D eigenvalue weighted by Gasteiger charge is -2.22. The van der Waals surface area contributed by atoms with Gasteiger partial charge in [-0.1, -0.05) is 12.1 Å². The molecule has 27 heavy (non-hydrogen) atoms. The summed E-state index contributed by atoms with van der Waals surface area (Å²) in [5.74, 6) is -0.152. The fourth-order valence-corrected chi connectivity index (χ4v) is 3.93. The predicted octanol–water partition coefficient (Wildman–Crippen LogP) is 3.62. The number of hydrogen-bond donors (Lipinski definition) is 1. The van der Waals surface area contributed by atoms with Crippen molar-refractivity contribution in [3.05, 3.63) is 57.7 Å².